The molecule has 1 aromatic heterocycles. The summed E-state index contributed by atoms with van der Waals surface area (Å²) in [5.74, 6) is -1.39. The number of rotatable bonds is 8. The zero-order valence-electron chi connectivity index (χ0n) is 13.8. The maximum absolute atomic E-state index is 12.4. The molecule has 2 aromatic rings. The van der Waals surface area contributed by atoms with E-state index in [1.54, 1.807) is 13.0 Å². The highest BCUT2D eigenvalue weighted by molar-refractivity contribution is 5.95. The van der Waals surface area contributed by atoms with Crippen molar-refractivity contribution in [2.24, 2.45) is 0 Å². The molecule has 2 amide bonds. The molecule has 0 radical (unpaired) electrons. The fraction of sp³-hybridized carbons (Fsp3) is 0.278. The van der Waals surface area contributed by atoms with Crippen molar-refractivity contribution in [3.05, 3.63) is 59.5 Å². The largest absolute Gasteiger partial charge is 0.481 e. The third kappa shape index (κ3) is 5.80. The normalized spacial score (nSPS) is 11.6. The number of carboxylic acids is 1. The standard InChI is InChI=1S/C18H20N2O5/c1-12-7-9-15(25-12)18(24)20-14(8-10-16(21)22)17(23)19-11-13-5-3-2-4-6-13/h2-7,9,14H,8,10-11H2,1H3,(H,19,23)(H,20,24)(H,21,22)/t14-/m0/s1. The number of amides is 2. The van der Waals surface area contributed by atoms with Crippen molar-refractivity contribution in [2.75, 3.05) is 0 Å². The van der Waals surface area contributed by atoms with E-state index in [0.29, 0.717) is 12.3 Å². The minimum atomic E-state index is -1.04. The number of hydrogen-bond acceptors (Lipinski definition) is 4. The molecule has 1 heterocycles. The summed E-state index contributed by atoms with van der Waals surface area (Å²) in [5.41, 5.74) is 0.904. The van der Waals surface area contributed by atoms with Crippen LogP contribution < -0.4 is 10.6 Å². The Morgan fingerprint density at radius 3 is 2.44 bits per heavy atom. The van der Waals surface area contributed by atoms with E-state index >= 15 is 0 Å². The van der Waals surface area contributed by atoms with E-state index < -0.39 is 23.8 Å². The monoisotopic (exact) mass is 344 g/mol. The van der Waals surface area contributed by atoms with E-state index in [1.165, 1.54) is 6.07 Å². The van der Waals surface area contributed by atoms with Gasteiger partial charge in [-0.1, -0.05) is 30.3 Å². The lowest BCUT2D eigenvalue weighted by Crippen LogP contribution is -2.46. The van der Waals surface area contributed by atoms with Crippen LogP contribution in [0.4, 0.5) is 0 Å². The number of hydrogen-bond donors (Lipinski definition) is 3. The van der Waals surface area contributed by atoms with Gasteiger partial charge < -0.3 is 20.2 Å². The van der Waals surface area contributed by atoms with E-state index in [4.69, 9.17) is 9.52 Å². The molecule has 132 valence electrons. The molecule has 0 aliphatic carbocycles. The summed E-state index contributed by atoms with van der Waals surface area (Å²) < 4.78 is 5.22. The minimum Gasteiger partial charge on any atom is -0.481 e. The van der Waals surface area contributed by atoms with Gasteiger partial charge in [-0.15, -0.1) is 0 Å². The number of aryl methyl sites for hydroxylation is 1. The van der Waals surface area contributed by atoms with Crippen molar-refractivity contribution in [1.29, 1.82) is 0 Å². The lowest BCUT2D eigenvalue weighted by Gasteiger charge is -2.17. The molecule has 25 heavy (non-hydrogen) atoms. The Morgan fingerprint density at radius 1 is 1.12 bits per heavy atom. The summed E-state index contributed by atoms with van der Waals surface area (Å²) in [6.45, 7) is 1.99. The number of carboxylic acid groups (broad SMARTS) is 1. The van der Waals surface area contributed by atoms with Gasteiger partial charge in [0, 0.05) is 13.0 Å². The third-order valence-electron chi connectivity index (χ3n) is 3.54. The molecule has 0 saturated carbocycles. The Morgan fingerprint density at radius 2 is 1.84 bits per heavy atom. The van der Waals surface area contributed by atoms with Crippen LogP contribution in [0.5, 0.6) is 0 Å². The van der Waals surface area contributed by atoms with Crippen LogP contribution in [0.1, 0.15) is 34.7 Å². The van der Waals surface area contributed by atoms with Gasteiger partial charge in [-0.3, -0.25) is 14.4 Å². The zero-order valence-corrected chi connectivity index (χ0v) is 13.8. The summed E-state index contributed by atoms with van der Waals surface area (Å²) in [5, 5.41) is 14.1. The molecule has 7 heteroatoms. The zero-order chi connectivity index (χ0) is 18.2. The number of aliphatic carboxylic acids is 1. The van der Waals surface area contributed by atoms with Gasteiger partial charge in [0.05, 0.1) is 0 Å². The first-order valence-corrected chi connectivity index (χ1v) is 7.86. The molecule has 0 aliphatic rings. The highest BCUT2D eigenvalue weighted by atomic mass is 16.4. The van der Waals surface area contributed by atoms with Crippen molar-refractivity contribution in [3.8, 4) is 0 Å². The van der Waals surface area contributed by atoms with Gasteiger partial charge in [0.2, 0.25) is 5.91 Å². The van der Waals surface area contributed by atoms with E-state index in [2.05, 4.69) is 10.6 Å². The maximum Gasteiger partial charge on any atom is 0.303 e. The van der Waals surface area contributed by atoms with Crippen molar-refractivity contribution in [3.63, 3.8) is 0 Å². The SMILES string of the molecule is Cc1ccc(C(=O)N[C@@H](CCC(=O)O)C(=O)NCc2ccccc2)o1. The molecule has 3 N–H and O–H groups in total. The molecule has 1 aromatic carbocycles. The summed E-state index contributed by atoms with van der Waals surface area (Å²) in [6.07, 6.45) is -0.248. The molecule has 0 spiro atoms. The molecular formula is C18H20N2O5. The first-order chi connectivity index (χ1) is 12.0. The van der Waals surface area contributed by atoms with Crippen LogP contribution >= 0.6 is 0 Å². The van der Waals surface area contributed by atoms with Crippen molar-refractivity contribution in [2.45, 2.75) is 32.4 Å². The first kappa shape index (κ1) is 18.3. The summed E-state index contributed by atoms with van der Waals surface area (Å²) in [4.78, 5) is 35.3. The minimum absolute atomic E-state index is 0.0125. The smallest absolute Gasteiger partial charge is 0.303 e. The van der Waals surface area contributed by atoms with Crippen molar-refractivity contribution >= 4 is 17.8 Å². The second-order valence-electron chi connectivity index (χ2n) is 5.57. The molecule has 2 rings (SSSR count). The van der Waals surface area contributed by atoms with Crippen LogP contribution in [-0.4, -0.2) is 28.9 Å². The van der Waals surface area contributed by atoms with Crippen LogP contribution in [0.25, 0.3) is 0 Å². The van der Waals surface area contributed by atoms with Gasteiger partial charge in [-0.2, -0.15) is 0 Å². The molecular weight excluding hydrogens is 324 g/mol. The van der Waals surface area contributed by atoms with Gasteiger partial charge in [0.25, 0.3) is 5.91 Å². The van der Waals surface area contributed by atoms with Crippen LogP contribution in [0, 0.1) is 6.92 Å². The van der Waals surface area contributed by atoms with Gasteiger partial charge in [0.1, 0.15) is 11.8 Å². The van der Waals surface area contributed by atoms with Crippen LogP contribution in [0.2, 0.25) is 0 Å². The van der Waals surface area contributed by atoms with E-state index in [-0.39, 0.29) is 18.6 Å². The van der Waals surface area contributed by atoms with Gasteiger partial charge in [0.15, 0.2) is 5.76 Å². The van der Waals surface area contributed by atoms with Crippen molar-refractivity contribution in [1.82, 2.24) is 10.6 Å². The van der Waals surface area contributed by atoms with Crippen molar-refractivity contribution < 1.29 is 23.9 Å². The Balaban J connectivity index is 1.99. The number of benzene rings is 1. The topological polar surface area (TPSA) is 109 Å². The molecule has 7 nitrogen and oxygen atoms in total. The van der Waals surface area contributed by atoms with Crippen LogP contribution in [0.15, 0.2) is 46.9 Å². The molecule has 0 saturated heterocycles. The summed E-state index contributed by atoms with van der Waals surface area (Å²) in [6, 6.07) is 11.5. The number of carbonyl (C=O) groups is 3. The lowest BCUT2D eigenvalue weighted by atomic mass is 10.1. The Labute approximate surface area is 145 Å². The van der Waals surface area contributed by atoms with Crippen LogP contribution in [-0.2, 0) is 16.1 Å². The van der Waals surface area contributed by atoms with E-state index in [0.717, 1.165) is 5.56 Å². The second-order valence-corrected chi connectivity index (χ2v) is 5.57. The first-order valence-electron chi connectivity index (χ1n) is 7.86. The van der Waals surface area contributed by atoms with E-state index in [9.17, 15) is 14.4 Å². The summed E-state index contributed by atoms with van der Waals surface area (Å²) >= 11 is 0. The molecule has 0 fully saturated rings. The quantitative estimate of drug-likeness (QED) is 0.677. The predicted molar refractivity (Wildman–Crippen MR) is 89.9 cm³/mol. The number of furan rings is 1. The van der Waals surface area contributed by atoms with Gasteiger partial charge in [-0.05, 0) is 31.0 Å². The average Bonchev–Trinajstić information content (AvgIpc) is 3.03. The molecule has 1 atom stereocenters. The second kappa shape index (κ2) is 8.68. The van der Waals surface area contributed by atoms with Gasteiger partial charge in [-0.25, -0.2) is 0 Å². The Bertz CT molecular complexity index is 739. The fourth-order valence-electron chi connectivity index (χ4n) is 2.23. The number of carbonyl (C=O) groups excluding carboxylic acids is 2. The average molecular weight is 344 g/mol. The van der Waals surface area contributed by atoms with E-state index in [1.807, 2.05) is 30.3 Å². The maximum atomic E-state index is 12.4. The molecule has 0 bridgehead atoms. The highest BCUT2D eigenvalue weighted by Crippen LogP contribution is 2.08. The molecule has 0 unspecified atom stereocenters. The number of nitrogens with one attached hydrogen (secondary N) is 2. The van der Waals surface area contributed by atoms with Gasteiger partial charge >= 0.3 is 5.97 Å². The summed E-state index contributed by atoms with van der Waals surface area (Å²) in [7, 11) is 0. The third-order valence-corrected chi connectivity index (χ3v) is 3.54. The Kier molecular flexibility index (Phi) is 6.33. The predicted octanol–water partition coefficient (Wildman–Crippen LogP) is 1.87. The lowest BCUT2D eigenvalue weighted by molar-refractivity contribution is -0.137. The Hall–Kier alpha value is -3.09. The fourth-order valence-corrected chi connectivity index (χ4v) is 2.23. The molecule has 0 aliphatic heterocycles. The highest BCUT2D eigenvalue weighted by Gasteiger charge is 2.23. The van der Waals surface area contributed by atoms with Crippen LogP contribution in [0.3, 0.4) is 0 Å².